The second kappa shape index (κ2) is 9.10. The number of carbonyl (C=O) groups excluding carboxylic acids is 1. The zero-order valence-electron chi connectivity index (χ0n) is 20.0. The molecule has 5 rings (SSSR count). The van der Waals surface area contributed by atoms with E-state index in [0.717, 1.165) is 40.7 Å². The molecule has 0 bridgehead atoms. The predicted molar refractivity (Wildman–Crippen MR) is 127 cm³/mol. The lowest BCUT2D eigenvalue weighted by Gasteiger charge is -2.37. The molecule has 0 spiro atoms. The van der Waals surface area contributed by atoms with Crippen LogP contribution < -0.4 is 4.74 Å². The van der Waals surface area contributed by atoms with Crippen molar-refractivity contribution in [3.8, 4) is 11.4 Å². The standard InChI is InChI=1S/C26H24F2N4O4/c1-16-14-31(15-29-16)22-9-6-17(12-23(22)34-2)11-18-5-4-10-32-24(18)30-36-26(32,25(33)35-3)20-13-19(27)7-8-21(20)28/h6-9,11-15H,4-5,10H2,1-3H3/b18-11+. The van der Waals surface area contributed by atoms with Crippen LogP contribution in [0, 0.1) is 18.6 Å². The zero-order valence-corrected chi connectivity index (χ0v) is 20.0. The molecule has 2 aliphatic heterocycles. The lowest BCUT2D eigenvalue weighted by Crippen LogP contribution is -2.54. The number of imidazole rings is 1. The fourth-order valence-electron chi connectivity index (χ4n) is 4.63. The third kappa shape index (κ3) is 3.78. The number of piperidine rings is 1. The lowest BCUT2D eigenvalue weighted by atomic mass is 9.94. The number of hydrogen-bond donors (Lipinski definition) is 0. The number of rotatable bonds is 5. The quantitative estimate of drug-likeness (QED) is 0.492. The van der Waals surface area contributed by atoms with Crippen LogP contribution in [0.2, 0.25) is 0 Å². The number of ether oxygens (including phenoxy) is 2. The maximum Gasteiger partial charge on any atom is 0.380 e. The van der Waals surface area contributed by atoms with Gasteiger partial charge in [0.05, 0.1) is 37.5 Å². The van der Waals surface area contributed by atoms with Gasteiger partial charge < -0.3 is 23.8 Å². The van der Waals surface area contributed by atoms with E-state index in [1.807, 2.05) is 42.0 Å². The third-order valence-corrected chi connectivity index (χ3v) is 6.31. The highest BCUT2D eigenvalue weighted by atomic mass is 19.1. The smallest absolute Gasteiger partial charge is 0.380 e. The first-order valence-electron chi connectivity index (χ1n) is 11.3. The summed E-state index contributed by atoms with van der Waals surface area (Å²) in [6, 6.07) is 8.59. The summed E-state index contributed by atoms with van der Waals surface area (Å²) < 4.78 is 41.4. The molecule has 2 aromatic carbocycles. The number of methoxy groups -OCH3 is 2. The summed E-state index contributed by atoms with van der Waals surface area (Å²) in [7, 11) is 2.76. The van der Waals surface area contributed by atoms with E-state index in [4.69, 9.17) is 14.3 Å². The van der Waals surface area contributed by atoms with Gasteiger partial charge in [0.15, 0.2) is 5.84 Å². The zero-order chi connectivity index (χ0) is 25.4. The fraction of sp³-hybridized carbons (Fsp3) is 0.269. The van der Waals surface area contributed by atoms with Crippen LogP contribution in [-0.2, 0) is 20.1 Å². The van der Waals surface area contributed by atoms with Crippen molar-refractivity contribution in [2.45, 2.75) is 25.5 Å². The van der Waals surface area contributed by atoms with Crippen molar-refractivity contribution in [1.29, 1.82) is 0 Å². The highest BCUT2D eigenvalue weighted by Crippen LogP contribution is 2.42. The Balaban J connectivity index is 1.53. The summed E-state index contributed by atoms with van der Waals surface area (Å²) in [4.78, 5) is 24.4. The Morgan fingerprint density at radius 3 is 2.75 bits per heavy atom. The summed E-state index contributed by atoms with van der Waals surface area (Å²) in [6.45, 7) is 2.24. The summed E-state index contributed by atoms with van der Waals surface area (Å²) in [5.74, 6) is -1.40. The van der Waals surface area contributed by atoms with Gasteiger partial charge in [0.2, 0.25) is 0 Å². The second-order valence-corrected chi connectivity index (χ2v) is 8.54. The molecule has 1 saturated heterocycles. The van der Waals surface area contributed by atoms with Gasteiger partial charge in [-0.05, 0) is 67.3 Å². The number of aryl methyl sites for hydroxylation is 1. The van der Waals surface area contributed by atoms with Gasteiger partial charge in [0.25, 0.3) is 0 Å². The van der Waals surface area contributed by atoms with Gasteiger partial charge in [-0.1, -0.05) is 11.2 Å². The minimum absolute atomic E-state index is 0.295. The number of amidine groups is 1. The van der Waals surface area contributed by atoms with Crippen molar-refractivity contribution in [2.75, 3.05) is 20.8 Å². The van der Waals surface area contributed by atoms with Crippen molar-refractivity contribution in [1.82, 2.24) is 14.5 Å². The van der Waals surface area contributed by atoms with Crippen molar-refractivity contribution >= 4 is 17.9 Å². The molecule has 186 valence electrons. The maximum absolute atomic E-state index is 14.9. The number of benzene rings is 2. The predicted octanol–water partition coefficient (Wildman–Crippen LogP) is 4.32. The van der Waals surface area contributed by atoms with E-state index >= 15 is 0 Å². The Morgan fingerprint density at radius 2 is 2.03 bits per heavy atom. The lowest BCUT2D eigenvalue weighted by molar-refractivity contribution is -0.187. The van der Waals surface area contributed by atoms with E-state index < -0.39 is 23.3 Å². The average Bonchev–Trinajstić information content (AvgIpc) is 3.50. The Bertz CT molecular complexity index is 1400. The van der Waals surface area contributed by atoms with Gasteiger partial charge in [-0.3, -0.25) is 0 Å². The molecule has 0 N–H and O–H groups in total. The molecule has 3 heterocycles. The average molecular weight is 494 g/mol. The summed E-state index contributed by atoms with van der Waals surface area (Å²) >= 11 is 0. The number of hydrogen-bond acceptors (Lipinski definition) is 7. The first kappa shape index (κ1) is 23.5. The Labute approximate surface area is 206 Å². The largest absolute Gasteiger partial charge is 0.495 e. The monoisotopic (exact) mass is 494 g/mol. The summed E-state index contributed by atoms with van der Waals surface area (Å²) in [6.07, 6.45) is 6.80. The van der Waals surface area contributed by atoms with Gasteiger partial charge in [0, 0.05) is 12.7 Å². The van der Waals surface area contributed by atoms with Gasteiger partial charge in [-0.25, -0.2) is 18.6 Å². The van der Waals surface area contributed by atoms with Crippen LogP contribution in [0.4, 0.5) is 8.78 Å². The number of halogens is 2. The van der Waals surface area contributed by atoms with E-state index in [9.17, 15) is 13.6 Å². The molecule has 0 saturated carbocycles. The number of nitrogens with zero attached hydrogens (tertiary/aromatic N) is 4. The van der Waals surface area contributed by atoms with Gasteiger partial charge >= 0.3 is 11.7 Å². The van der Waals surface area contributed by atoms with E-state index in [1.54, 1.807) is 13.4 Å². The van der Waals surface area contributed by atoms with Crippen LogP contribution in [-0.4, -0.2) is 47.0 Å². The Kier molecular flexibility index (Phi) is 5.95. The van der Waals surface area contributed by atoms with Crippen LogP contribution in [0.25, 0.3) is 11.8 Å². The topological polar surface area (TPSA) is 78.2 Å². The van der Waals surface area contributed by atoms with Crippen molar-refractivity contribution < 1.29 is 27.9 Å². The van der Waals surface area contributed by atoms with Crippen molar-refractivity contribution in [3.63, 3.8) is 0 Å². The van der Waals surface area contributed by atoms with Gasteiger partial charge in [0.1, 0.15) is 17.4 Å². The molecule has 2 aliphatic rings. The molecule has 1 aromatic heterocycles. The maximum atomic E-state index is 14.9. The van der Waals surface area contributed by atoms with E-state index in [0.29, 0.717) is 31.0 Å². The van der Waals surface area contributed by atoms with E-state index in [1.165, 1.54) is 12.0 Å². The first-order valence-corrected chi connectivity index (χ1v) is 11.3. The molecule has 10 heteroatoms. The van der Waals surface area contributed by atoms with Crippen LogP contribution >= 0.6 is 0 Å². The molecular formula is C26H24F2N4O4. The van der Waals surface area contributed by atoms with Crippen LogP contribution in [0.3, 0.4) is 0 Å². The normalized spacial score (nSPS) is 20.1. The SMILES string of the molecule is COC(=O)C1(c2cc(F)ccc2F)ON=C2/C(=C/c3ccc(-n4cnc(C)c4)c(OC)c3)CCCN21. The number of esters is 1. The second-order valence-electron chi connectivity index (χ2n) is 8.54. The number of oxime groups is 1. The fourth-order valence-corrected chi connectivity index (χ4v) is 4.63. The molecule has 3 aromatic rings. The summed E-state index contributed by atoms with van der Waals surface area (Å²) in [5.41, 5.74) is 0.968. The highest BCUT2D eigenvalue weighted by molar-refractivity contribution is 6.06. The molecule has 8 nitrogen and oxygen atoms in total. The molecular weight excluding hydrogens is 470 g/mol. The highest BCUT2D eigenvalue weighted by Gasteiger charge is 2.58. The Morgan fingerprint density at radius 1 is 1.19 bits per heavy atom. The molecule has 0 radical (unpaired) electrons. The molecule has 0 amide bonds. The van der Waals surface area contributed by atoms with Crippen molar-refractivity contribution in [3.05, 3.63) is 83.0 Å². The number of fused-ring (bicyclic) bond motifs is 1. The molecule has 1 unspecified atom stereocenters. The molecule has 1 fully saturated rings. The molecule has 1 atom stereocenters. The Hall–Kier alpha value is -4.21. The minimum atomic E-state index is -2.06. The molecule has 36 heavy (non-hydrogen) atoms. The van der Waals surface area contributed by atoms with Crippen LogP contribution in [0.1, 0.15) is 29.7 Å². The third-order valence-electron chi connectivity index (χ3n) is 6.31. The van der Waals surface area contributed by atoms with Gasteiger partial charge in [-0.15, -0.1) is 0 Å². The van der Waals surface area contributed by atoms with Crippen LogP contribution in [0.15, 0.2) is 59.7 Å². The molecule has 0 aliphatic carbocycles. The van der Waals surface area contributed by atoms with Crippen molar-refractivity contribution in [2.24, 2.45) is 5.16 Å². The van der Waals surface area contributed by atoms with Gasteiger partial charge in [-0.2, -0.15) is 0 Å². The van der Waals surface area contributed by atoms with E-state index in [2.05, 4.69) is 10.1 Å². The van der Waals surface area contributed by atoms with E-state index in [-0.39, 0.29) is 5.56 Å². The first-order chi connectivity index (χ1) is 17.4. The number of aromatic nitrogens is 2. The summed E-state index contributed by atoms with van der Waals surface area (Å²) in [5, 5.41) is 4.16. The minimum Gasteiger partial charge on any atom is -0.495 e. The number of carbonyl (C=O) groups is 1. The van der Waals surface area contributed by atoms with Crippen LogP contribution in [0.5, 0.6) is 5.75 Å².